The van der Waals surface area contributed by atoms with Crippen LogP contribution in [0.4, 0.5) is 0 Å². The highest BCUT2D eigenvalue weighted by molar-refractivity contribution is 5.96. The van der Waals surface area contributed by atoms with Gasteiger partial charge in [0.05, 0.1) is 0 Å². The van der Waals surface area contributed by atoms with Gasteiger partial charge in [0.1, 0.15) is 0 Å². The molecule has 100 valence electrons. The zero-order valence-corrected chi connectivity index (χ0v) is 11.5. The predicted molar refractivity (Wildman–Crippen MR) is 76.4 cm³/mol. The number of aryl methyl sites for hydroxylation is 2. The average Bonchev–Trinajstić information content (AvgIpc) is 3.13. The first-order valence-electron chi connectivity index (χ1n) is 7.94. The lowest BCUT2D eigenvalue weighted by molar-refractivity contribution is 0.0944. The van der Waals surface area contributed by atoms with Crippen LogP contribution in [0.2, 0.25) is 0 Å². The fraction of sp³-hybridized carbons (Fsp3) is 0.611. The van der Waals surface area contributed by atoms with Crippen LogP contribution in [0.25, 0.3) is 0 Å². The number of benzene rings is 1. The molecule has 1 aromatic carbocycles. The highest BCUT2D eigenvalue weighted by Crippen LogP contribution is 2.49. The maximum Gasteiger partial charge on any atom is 0.163 e. The van der Waals surface area contributed by atoms with Gasteiger partial charge in [0.25, 0.3) is 0 Å². The van der Waals surface area contributed by atoms with E-state index in [0.717, 1.165) is 23.8 Å². The van der Waals surface area contributed by atoms with Crippen LogP contribution >= 0.6 is 0 Å². The minimum atomic E-state index is 0.396. The van der Waals surface area contributed by atoms with Gasteiger partial charge in [-0.25, -0.2) is 0 Å². The molecule has 0 aliphatic heterocycles. The fourth-order valence-corrected chi connectivity index (χ4v) is 4.73. The summed E-state index contributed by atoms with van der Waals surface area (Å²) >= 11 is 0. The normalized spacial score (nSPS) is 31.7. The van der Waals surface area contributed by atoms with Crippen LogP contribution in [-0.4, -0.2) is 5.78 Å². The van der Waals surface area contributed by atoms with E-state index < -0.39 is 0 Å². The number of hydrogen-bond acceptors (Lipinski definition) is 1. The summed E-state index contributed by atoms with van der Waals surface area (Å²) in [5.74, 6) is 2.90. The third-order valence-electron chi connectivity index (χ3n) is 5.75. The van der Waals surface area contributed by atoms with Crippen LogP contribution in [0, 0.1) is 17.8 Å². The van der Waals surface area contributed by atoms with E-state index in [4.69, 9.17) is 0 Å². The minimum Gasteiger partial charge on any atom is -0.294 e. The zero-order chi connectivity index (χ0) is 12.8. The molecule has 2 bridgehead atoms. The van der Waals surface area contributed by atoms with Crippen LogP contribution in [0.5, 0.6) is 0 Å². The van der Waals surface area contributed by atoms with Gasteiger partial charge >= 0.3 is 0 Å². The van der Waals surface area contributed by atoms with Crippen molar-refractivity contribution < 1.29 is 4.79 Å². The second-order valence-corrected chi connectivity index (χ2v) is 6.90. The molecule has 0 heterocycles. The molecule has 3 unspecified atom stereocenters. The number of carbonyl (C=O) groups excluding carboxylic acids is 1. The van der Waals surface area contributed by atoms with Gasteiger partial charge in [0.2, 0.25) is 0 Å². The van der Waals surface area contributed by atoms with E-state index in [0.29, 0.717) is 11.7 Å². The second kappa shape index (κ2) is 4.47. The predicted octanol–water partition coefficient (Wildman–Crippen LogP) is 4.18. The number of carbonyl (C=O) groups is 1. The van der Waals surface area contributed by atoms with Gasteiger partial charge in [-0.15, -0.1) is 0 Å². The van der Waals surface area contributed by atoms with Crippen LogP contribution in [0.1, 0.15) is 60.0 Å². The summed E-state index contributed by atoms with van der Waals surface area (Å²) in [5.41, 5.74) is 3.87. The minimum absolute atomic E-state index is 0.396. The third kappa shape index (κ3) is 2.04. The van der Waals surface area contributed by atoms with E-state index in [2.05, 4.69) is 18.2 Å². The molecule has 2 fully saturated rings. The first kappa shape index (κ1) is 11.7. The smallest absolute Gasteiger partial charge is 0.163 e. The van der Waals surface area contributed by atoms with E-state index in [1.165, 1.54) is 56.1 Å². The van der Waals surface area contributed by atoms with Crippen molar-refractivity contribution in [3.8, 4) is 0 Å². The molecule has 0 amide bonds. The van der Waals surface area contributed by atoms with Crippen molar-refractivity contribution in [1.82, 2.24) is 0 Å². The van der Waals surface area contributed by atoms with E-state index in [-0.39, 0.29) is 0 Å². The Morgan fingerprint density at radius 1 is 1.11 bits per heavy atom. The largest absolute Gasteiger partial charge is 0.294 e. The van der Waals surface area contributed by atoms with Crippen LogP contribution in [-0.2, 0) is 12.8 Å². The summed E-state index contributed by atoms with van der Waals surface area (Å²) in [5, 5.41) is 0. The van der Waals surface area contributed by atoms with E-state index in [1.54, 1.807) is 0 Å². The summed E-state index contributed by atoms with van der Waals surface area (Å²) in [4.78, 5) is 12.5. The number of hydrogen-bond donors (Lipinski definition) is 0. The van der Waals surface area contributed by atoms with E-state index in [9.17, 15) is 4.79 Å². The molecule has 4 rings (SSSR count). The summed E-state index contributed by atoms with van der Waals surface area (Å²) < 4.78 is 0. The molecule has 0 saturated heterocycles. The molecule has 0 N–H and O–H groups in total. The van der Waals surface area contributed by atoms with Crippen molar-refractivity contribution in [1.29, 1.82) is 0 Å². The Balaban J connectivity index is 1.48. The lowest BCUT2D eigenvalue weighted by atomic mass is 9.84. The van der Waals surface area contributed by atoms with Crippen LogP contribution in [0.15, 0.2) is 18.2 Å². The molecule has 2 saturated carbocycles. The first-order chi connectivity index (χ1) is 9.29. The fourth-order valence-electron chi connectivity index (χ4n) is 4.73. The molecule has 0 radical (unpaired) electrons. The van der Waals surface area contributed by atoms with Crippen molar-refractivity contribution in [3.63, 3.8) is 0 Å². The van der Waals surface area contributed by atoms with Crippen molar-refractivity contribution in [2.75, 3.05) is 0 Å². The van der Waals surface area contributed by atoms with Gasteiger partial charge in [-0.3, -0.25) is 4.79 Å². The van der Waals surface area contributed by atoms with Crippen molar-refractivity contribution >= 4 is 5.78 Å². The summed E-state index contributed by atoms with van der Waals surface area (Å²) in [6.07, 6.45) is 9.98. The lowest BCUT2D eigenvalue weighted by Gasteiger charge is -2.20. The van der Waals surface area contributed by atoms with Gasteiger partial charge in [0, 0.05) is 12.0 Å². The number of Topliss-reactive ketones (excluding diaryl/α,β-unsaturated/α-hetero) is 1. The second-order valence-electron chi connectivity index (χ2n) is 6.90. The first-order valence-corrected chi connectivity index (χ1v) is 7.94. The van der Waals surface area contributed by atoms with E-state index >= 15 is 0 Å². The van der Waals surface area contributed by atoms with Gasteiger partial charge in [-0.2, -0.15) is 0 Å². The zero-order valence-electron chi connectivity index (χ0n) is 11.5. The Morgan fingerprint density at radius 3 is 2.79 bits per heavy atom. The van der Waals surface area contributed by atoms with Gasteiger partial charge in [-0.1, -0.05) is 18.6 Å². The topological polar surface area (TPSA) is 17.1 Å². The molecule has 1 aromatic rings. The molecule has 1 nitrogen and oxygen atoms in total. The standard InChI is InChI=1S/C18H22O/c19-18(11-17-9-12-4-5-15(17)8-12)16-7-6-13-2-1-3-14(13)10-16/h6-7,10,12,15,17H,1-5,8-9,11H2. The highest BCUT2D eigenvalue weighted by atomic mass is 16.1. The Bertz CT molecular complexity index is 516. The van der Waals surface area contributed by atoms with Crippen molar-refractivity contribution in [2.24, 2.45) is 17.8 Å². The lowest BCUT2D eigenvalue weighted by Crippen LogP contribution is -2.15. The Morgan fingerprint density at radius 2 is 2.00 bits per heavy atom. The molecule has 3 aliphatic carbocycles. The number of fused-ring (bicyclic) bond motifs is 3. The molecular formula is C18H22O. The maximum atomic E-state index is 12.5. The SMILES string of the molecule is O=C(CC1CC2CCC1C2)c1ccc2c(c1)CCC2. The molecule has 0 aromatic heterocycles. The molecule has 19 heavy (non-hydrogen) atoms. The monoisotopic (exact) mass is 254 g/mol. The summed E-state index contributed by atoms with van der Waals surface area (Å²) in [6, 6.07) is 6.44. The Kier molecular flexibility index (Phi) is 2.75. The van der Waals surface area contributed by atoms with Crippen molar-refractivity contribution in [2.45, 2.75) is 51.4 Å². The number of ketones is 1. The van der Waals surface area contributed by atoms with Crippen LogP contribution in [0.3, 0.4) is 0 Å². The Hall–Kier alpha value is -1.11. The summed E-state index contributed by atoms with van der Waals surface area (Å²) in [6.45, 7) is 0. The molecule has 0 spiro atoms. The maximum absolute atomic E-state index is 12.5. The molecule has 3 atom stereocenters. The molecule has 1 heteroatoms. The Labute approximate surface area is 115 Å². The highest BCUT2D eigenvalue weighted by Gasteiger charge is 2.40. The third-order valence-corrected chi connectivity index (χ3v) is 5.75. The number of rotatable bonds is 3. The van der Waals surface area contributed by atoms with Crippen LogP contribution < -0.4 is 0 Å². The van der Waals surface area contributed by atoms with Gasteiger partial charge < -0.3 is 0 Å². The quantitative estimate of drug-likeness (QED) is 0.739. The summed E-state index contributed by atoms with van der Waals surface area (Å²) in [7, 11) is 0. The van der Waals surface area contributed by atoms with E-state index in [1.807, 2.05) is 0 Å². The molecule has 3 aliphatic rings. The molecular weight excluding hydrogens is 232 g/mol. The average molecular weight is 254 g/mol. The van der Waals surface area contributed by atoms with Crippen molar-refractivity contribution in [3.05, 3.63) is 34.9 Å². The van der Waals surface area contributed by atoms with Gasteiger partial charge in [-0.05, 0) is 73.5 Å². The van der Waals surface area contributed by atoms with Gasteiger partial charge in [0.15, 0.2) is 5.78 Å².